The Morgan fingerprint density at radius 3 is 2.90 bits per heavy atom. The van der Waals surface area contributed by atoms with E-state index in [9.17, 15) is 4.79 Å². The number of aryl methyl sites for hydroxylation is 1. The molecule has 1 aromatic heterocycles. The Morgan fingerprint density at radius 1 is 1.35 bits per heavy atom. The van der Waals surface area contributed by atoms with Gasteiger partial charge in [0, 0.05) is 10.7 Å². The number of anilines is 1. The third-order valence-electron chi connectivity index (χ3n) is 2.67. The van der Waals surface area contributed by atoms with E-state index in [-0.39, 0.29) is 12.5 Å². The molecule has 2 aromatic rings. The number of carbonyl (C=O) groups excluding carboxylic acids is 1. The van der Waals surface area contributed by atoms with Crippen molar-refractivity contribution in [2.45, 2.75) is 13.3 Å². The van der Waals surface area contributed by atoms with Crippen molar-refractivity contribution < 1.29 is 9.53 Å². The minimum absolute atomic E-state index is 0.0368. The van der Waals surface area contributed by atoms with Crippen LogP contribution in [0.15, 0.2) is 47.1 Å². The lowest BCUT2D eigenvalue weighted by Crippen LogP contribution is -2.20. The van der Waals surface area contributed by atoms with E-state index in [1.165, 1.54) is 5.56 Å². The van der Waals surface area contributed by atoms with Gasteiger partial charge < -0.3 is 10.1 Å². The molecule has 0 aliphatic heterocycles. The zero-order valence-electron chi connectivity index (χ0n) is 11.1. The summed E-state index contributed by atoms with van der Waals surface area (Å²) in [6.07, 6.45) is 2.56. The van der Waals surface area contributed by atoms with E-state index in [0.29, 0.717) is 11.6 Å². The second kappa shape index (κ2) is 7.05. The quantitative estimate of drug-likeness (QED) is 0.911. The largest absolute Gasteiger partial charge is 0.484 e. The molecule has 0 radical (unpaired) electrons. The van der Waals surface area contributed by atoms with Gasteiger partial charge in [0.1, 0.15) is 11.6 Å². The summed E-state index contributed by atoms with van der Waals surface area (Å²) >= 11 is 3.29. The molecular formula is C15H15BrN2O2. The number of carbonyl (C=O) groups is 1. The Morgan fingerprint density at radius 2 is 2.20 bits per heavy atom. The first-order valence-electron chi connectivity index (χ1n) is 6.30. The number of aromatic nitrogens is 1. The highest BCUT2D eigenvalue weighted by Gasteiger charge is 2.04. The Hall–Kier alpha value is -1.88. The first-order chi connectivity index (χ1) is 9.67. The second-order valence-corrected chi connectivity index (χ2v) is 5.12. The molecule has 104 valence electrons. The molecule has 0 bridgehead atoms. The van der Waals surface area contributed by atoms with Gasteiger partial charge in [0.15, 0.2) is 6.61 Å². The third kappa shape index (κ3) is 4.35. The molecule has 1 heterocycles. The van der Waals surface area contributed by atoms with E-state index in [4.69, 9.17) is 4.74 Å². The van der Waals surface area contributed by atoms with Crippen molar-refractivity contribution in [1.29, 1.82) is 0 Å². The molecule has 4 nitrogen and oxygen atoms in total. The molecule has 0 fully saturated rings. The molecule has 20 heavy (non-hydrogen) atoms. The zero-order chi connectivity index (χ0) is 14.4. The van der Waals surface area contributed by atoms with Gasteiger partial charge in [-0.2, -0.15) is 0 Å². The van der Waals surface area contributed by atoms with Crippen LogP contribution in [0.2, 0.25) is 0 Å². The molecule has 1 N–H and O–H groups in total. The van der Waals surface area contributed by atoms with Crippen molar-refractivity contribution in [1.82, 2.24) is 4.98 Å². The first-order valence-corrected chi connectivity index (χ1v) is 7.10. The molecule has 0 atom stereocenters. The number of benzene rings is 1. The smallest absolute Gasteiger partial charge is 0.263 e. The molecule has 1 amide bonds. The van der Waals surface area contributed by atoms with E-state index < -0.39 is 0 Å². The summed E-state index contributed by atoms with van der Waals surface area (Å²) in [5.74, 6) is 0.967. The standard InChI is InChI=1S/C15H15BrN2O2/c1-2-11-4-3-5-13(8-11)20-10-15(19)18-14-7-6-12(16)9-17-14/h3-9H,2,10H2,1H3,(H,17,18,19). The van der Waals surface area contributed by atoms with Crippen LogP contribution in [0.3, 0.4) is 0 Å². The fraction of sp³-hybridized carbons (Fsp3) is 0.200. The van der Waals surface area contributed by atoms with Gasteiger partial charge in [0.25, 0.3) is 5.91 Å². The fourth-order valence-electron chi connectivity index (χ4n) is 1.63. The summed E-state index contributed by atoms with van der Waals surface area (Å²) in [7, 11) is 0. The maximum absolute atomic E-state index is 11.7. The first kappa shape index (κ1) is 14.5. The molecule has 2 rings (SSSR count). The van der Waals surface area contributed by atoms with Gasteiger partial charge in [-0.3, -0.25) is 4.79 Å². The van der Waals surface area contributed by atoms with Crippen LogP contribution in [0.25, 0.3) is 0 Å². The number of hydrogen-bond donors (Lipinski definition) is 1. The van der Waals surface area contributed by atoms with Crippen LogP contribution in [-0.4, -0.2) is 17.5 Å². The van der Waals surface area contributed by atoms with Crippen molar-refractivity contribution in [3.8, 4) is 5.75 Å². The number of amides is 1. The summed E-state index contributed by atoms with van der Waals surface area (Å²) in [6.45, 7) is 2.04. The molecule has 0 spiro atoms. The minimum Gasteiger partial charge on any atom is -0.484 e. The summed E-state index contributed by atoms with van der Waals surface area (Å²) < 4.78 is 6.32. The Bertz CT molecular complexity index is 585. The minimum atomic E-state index is -0.235. The van der Waals surface area contributed by atoms with E-state index in [2.05, 4.69) is 33.2 Å². The number of ether oxygens (including phenoxy) is 1. The SMILES string of the molecule is CCc1cccc(OCC(=O)Nc2ccc(Br)cn2)c1. The van der Waals surface area contributed by atoms with Crippen LogP contribution in [0, 0.1) is 0 Å². The Labute approximate surface area is 126 Å². The van der Waals surface area contributed by atoms with Crippen LogP contribution >= 0.6 is 15.9 Å². The number of hydrogen-bond acceptors (Lipinski definition) is 3. The second-order valence-electron chi connectivity index (χ2n) is 4.20. The summed E-state index contributed by atoms with van der Waals surface area (Å²) in [5, 5.41) is 2.67. The summed E-state index contributed by atoms with van der Waals surface area (Å²) in [6, 6.07) is 11.3. The van der Waals surface area contributed by atoms with Gasteiger partial charge in [-0.15, -0.1) is 0 Å². The van der Waals surface area contributed by atoms with Crippen molar-refractivity contribution >= 4 is 27.7 Å². The number of halogens is 1. The normalized spacial score (nSPS) is 10.1. The molecule has 0 saturated heterocycles. The zero-order valence-corrected chi connectivity index (χ0v) is 12.7. The predicted octanol–water partition coefficient (Wildman–Crippen LogP) is 3.42. The number of nitrogens with one attached hydrogen (secondary N) is 1. The average Bonchev–Trinajstić information content (AvgIpc) is 2.48. The van der Waals surface area contributed by atoms with E-state index in [1.54, 1.807) is 12.3 Å². The summed E-state index contributed by atoms with van der Waals surface area (Å²) in [5.41, 5.74) is 1.18. The highest BCUT2D eigenvalue weighted by Crippen LogP contribution is 2.14. The van der Waals surface area contributed by atoms with E-state index in [1.807, 2.05) is 30.3 Å². The number of pyridine rings is 1. The lowest BCUT2D eigenvalue weighted by molar-refractivity contribution is -0.118. The molecule has 0 saturated carbocycles. The predicted molar refractivity (Wildman–Crippen MR) is 81.9 cm³/mol. The molecule has 0 aliphatic rings. The van der Waals surface area contributed by atoms with Crippen molar-refractivity contribution in [3.05, 3.63) is 52.6 Å². The topological polar surface area (TPSA) is 51.2 Å². The monoisotopic (exact) mass is 334 g/mol. The Kier molecular flexibility index (Phi) is 5.12. The maximum Gasteiger partial charge on any atom is 0.263 e. The van der Waals surface area contributed by atoms with Gasteiger partial charge in [0.05, 0.1) is 0 Å². The number of rotatable bonds is 5. The van der Waals surface area contributed by atoms with Crippen molar-refractivity contribution in [3.63, 3.8) is 0 Å². The average molecular weight is 335 g/mol. The van der Waals surface area contributed by atoms with Crippen molar-refractivity contribution in [2.75, 3.05) is 11.9 Å². The maximum atomic E-state index is 11.7. The molecule has 1 aromatic carbocycles. The van der Waals surface area contributed by atoms with Gasteiger partial charge in [-0.1, -0.05) is 19.1 Å². The third-order valence-corrected chi connectivity index (χ3v) is 3.14. The van der Waals surface area contributed by atoms with Crippen LogP contribution in [0.4, 0.5) is 5.82 Å². The molecular weight excluding hydrogens is 320 g/mol. The van der Waals surface area contributed by atoms with E-state index in [0.717, 1.165) is 10.9 Å². The van der Waals surface area contributed by atoms with E-state index >= 15 is 0 Å². The van der Waals surface area contributed by atoms with Gasteiger partial charge in [-0.05, 0) is 52.2 Å². The highest BCUT2D eigenvalue weighted by atomic mass is 79.9. The molecule has 0 unspecified atom stereocenters. The molecule has 0 aliphatic carbocycles. The van der Waals surface area contributed by atoms with Gasteiger partial charge in [-0.25, -0.2) is 4.98 Å². The lowest BCUT2D eigenvalue weighted by Gasteiger charge is -2.08. The van der Waals surface area contributed by atoms with Crippen LogP contribution in [0.1, 0.15) is 12.5 Å². The lowest BCUT2D eigenvalue weighted by atomic mass is 10.2. The van der Waals surface area contributed by atoms with Gasteiger partial charge in [0.2, 0.25) is 0 Å². The van der Waals surface area contributed by atoms with Crippen LogP contribution < -0.4 is 10.1 Å². The Balaban J connectivity index is 1.87. The number of nitrogens with zero attached hydrogens (tertiary/aromatic N) is 1. The van der Waals surface area contributed by atoms with Crippen LogP contribution in [0.5, 0.6) is 5.75 Å². The fourth-order valence-corrected chi connectivity index (χ4v) is 1.87. The summed E-state index contributed by atoms with van der Waals surface area (Å²) in [4.78, 5) is 15.8. The highest BCUT2D eigenvalue weighted by molar-refractivity contribution is 9.10. The molecule has 5 heteroatoms. The van der Waals surface area contributed by atoms with Crippen LogP contribution in [-0.2, 0) is 11.2 Å². The van der Waals surface area contributed by atoms with Gasteiger partial charge >= 0.3 is 0 Å². The van der Waals surface area contributed by atoms with Crippen molar-refractivity contribution in [2.24, 2.45) is 0 Å².